The normalized spacial score (nSPS) is 12.4. The molecule has 0 radical (unpaired) electrons. The number of carbonyl (C=O) groups is 1. The number of anilines is 1. The Balaban J connectivity index is 1.93. The van der Waals surface area contributed by atoms with Crippen molar-refractivity contribution < 1.29 is 13.2 Å². The molecular formula is C24H27N3O3S. The van der Waals surface area contributed by atoms with Gasteiger partial charge < -0.3 is 5.32 Å². The molecule has 0 aliphatic carbocycles. The highest BCUT2D eigenvalue weighted by Gasteiger charge is 2.28. The third-order valence-corrected chi connectivity index (χ3v) is 6.83. The molecule has 7 heteroatoms. The maximum absolute atomic E-state index is 13.1. The van der Waals surface area contributed by atoms with Crippen LogP contribution in [0, 0.1) is 6.92 Å². The van der Waals surface area contributed by atoms with E-state index >= 15 is 0 Å². The van der Waals surface area contributed by atoms with E-state index in [-0.39, 0.29) is 6.54 Å². The van der Waals surface area contributed by atoms with Gasteiger partial charge in [0.2, 0.25) is 5.91 Å². The van der Waals surface area contributed by atoms with Crippen molar-refractivity contribution in [2.75, 3.05) is 24.9 Å². The van der Waals surface area contributed by atoms with E-state index in [1.165, 1.54) is 14.1 Å². The molecule has 3 aromatic carbocycles. The average Bonchev–Trinajstić information content (AvgIpc) is 2.77. The summed E-state index contributed by atoms with van der Waals surface area (Å²) < 4.78 is 28.1. The monoisotopic (exact) mass is 437 g/mol. The van der Waals surface area contributed by atoms with Crippen molar-refractivity contribution in [2.24, 2.45) is 0 Å². The second kappa shape index (κ2) is 9.76. The Hall–Kier alpha value is -3.16. The van der Waals surface area contributed by atoms with Crippen LogP contribution < -0.4 is 9.62 Å². The minimum absolute atomic E-state index is 0.334. The van der Waals surface area contributed by atoms with E-state index in [1.807, 2.05) is 61.5 Å². The van der Waals surface area contributed by atoms with Gasteiger partial charge in [0.1, 0.15) is 6.54 Å². The third-order valence-electron chi connectivity index (χ3n) is 5.01. The van der Waals surface area contributed by atoms with Crippen LogP contribution >= 0.6 is 0 Å². The third kappa shape index (κ3) is 5.31. The second-order valence-corrected chi connectivity index (χ2v) is 9.47. The fraction of sp³-hybridized carbons (Fsp3) is 0.208. The molecular weight excluding hydrogens is 410 g/mol. The first-order valence-electron chi connectivity index (χ1n) is 9.96. The minimum atomic E-state index is -3.85. The molecule has 0 fully saturated rings. The van der Waals surface area contributed by atoms with Gasteiger partial charge in [-0.25, -0.2) is 4.31 Å². The number of nitrogens with zero attached hydrogens (tertiary/aromatic N) is 2. The Kier molecular flexibility index (Phi) is 7.09. The first-order valence-corrected chi connectivity index (χ1v) is 11.4. The van der Waals surface area contributed by atoms with Gasteiger partial charge in [0, 0.05) is 14.1 Å². The van der Waals surface area contributed by atoms with Gasteiger partial charge in [-0.2, -0.15) is 12.7 Å². The summed E-state index contributed by atoms with van der Waals surface area (Å²) in [5, 5.41) is 3.04. The highest BCUT2D eigenvalue weighted by atomic mass is 32.2. The van der Waals surface area contributed by atoms with Gasteiger partial charge in [0.15, 0.2) is 0 Å². The Labute approximate surface area is 184 Å². The topological polar surface area (TPSA) is 69.7 Å². The number of benzene rings is 3. The molecule has 6 nitrogen and oxygen atoms in total. The summed E-state index contributed by atoms with van der Waals surface area (Å²) >= 11 is 0. The van der Waals surface area contributed by atoms with Crippen LogP contribution in [0.3, 0.4) is 0 Å². The van der Waals surface area contributed by atoms with E-state index in [9.17, 15) is 13.2 Å². The molecule has 1 atom stereocenters. The molecule has 1 N–H and O–H groups in total. The molecule has 3 rings (SSSR count). The Morgan fingerprint density at radius 2 is 1.42 bits per heavy atom. The minimum Gasteiger partial charge on any atom is -0.344 e. The van der Waals surface area contributed by atoms with Crippen LogP contribution in [-0.2, 0) is 15.0 Å². The summed E-state index contributed by atoms with van der Waals surface area (Å²) in [6.07, 6.45) is 0. The lowest BCUT2D eigenvalue weighted by atomic mass is 9.95. The van der Waals surface area contributed by atoms with Gasteiger partial charge in [0.25, 0.3) is 0 Å². The SMILES string of the molecule is Cc1ccccc1[C@H](NC(=O)CN(c1ccccc1)S(=O)(=O)N(C)C)c1ccccc1. The number of aryl methyl sites for hydroxylation is 1. The van der Waals surface area contributed by atoms with Crippen LogP contribution in [0.15, 0.2) is 84.9 Å². The molecule has 0 spiro atoms. The molecule has 0 heterocycles. The number of nitrogens with one attached hydrogen (secondary N) is 1. The average molecular weight is 438 g/mol. The van der Waals surface area contributed by atoms with Crippen LogP contribution in [0.2, 0.25) is 0 Å². The summed E-state index contributed by atoms with van der Waals surface area (Å²) in [6.45, 7) is 1.66. The molecule has 162 valence electrons. The van der Waals surface area contributed by atoms with E-state index in [4.69, 9.17) is 0 Å². The lowest BCUT2D eigenvalue weighted by Crippen LogP contribution is -2.46. The van der Waals surface area contributed by atoms with Crippen LogP contribution in [0.25, 0.3) is 0 Å². The van der Waals surface area contributed by atoms with Crippen LogP contribution in [0.5, 0.6) is 0 Å². The fourth-order valence-electron chi connectivity index (χ4n) is 3.33. The number of amides is 1. The number of carbonyl (C=O) groups excluding carboxylic acids is 1. The summed E-state index contributed by atoms with van der Waals surface area (Å²) in [5.74, 6) is -0.397. The largest absolute Gasteiger partial charge is 0.344 e. The van der Waals surface area contributed by atoms with Crippen molar-refractivity contribution in [3.05, 3.63) is 102 Å². The molecule has 3 aromatic rings. The van der Waals surface area contributed by atoms with Crippen molar-refractivity contribution in [3.8, 4) is 0 Å². The Bertz CT molecular complexity index is 1120. The van der Waals surface area contributed by atoms with Crippen molar-refractivity contribution >= 4 is 21.8 Å². The Morgan fingerprint density at radius 1 is 0.871 bits per heavy atom. The molecule has 0 aliphatic rings. The first kappa shape index (κ1) is 22.5. The van der Waals surface area contributed by atoms with E-state index in [0.717, 1.165) is 25.3 Å². The number of rotatable bonds is 8. The van der Waals surface area contributed by atoms with E-state index in [2.05, 4.69) is 5.32 Å². The second-order valence-electron chi connectivity index (χ2n) is 7.40. The van der Waals surface area contributed by atoms with Gasteiger partial charge in [0.05, 0.1) is 11.7 Å². The molecule has 0 bridgehead atoms. The van der Waals surface area contributed by atoms with Gasteiger partial charge in [-0.05, 0) is 35.7 Å². The number of hydrogen-bond acceptors (Lipinski definition) is 3. The van der Waals surface area contributed by atoms with Crippen LogP contribution in [0.4, 0.5) is 5.69 Å². The molecule has 0 saturated heterocycles. The summed E-state index contributed by atoms with van der Waals surface area (Å²) in [7, 11) is -0.959. The summed E-state index contributed by atoms with van der Waals surface area (Å²) in [4.78, 5) is 13.1. The molecule has 0 aromatic heterocycles. The summed E-state index contributed by atoms with van der Waals surface area (Å²) in [5.41, 5.74) is 3.35. The zero-order valence-corrected chi connectivity index (χ0v) is 18.7. The molecule has 0 saturated carbocycles. The van der Waals surface area contributed by atoms with E-state index < -0.39 is 22.2 Å². The highest BCUT2D eigenvalue weighted by molar-refractivity contribution is 7.90. The molecule has 0 unspecified atom stereocenters. The van der Waals surface area contributed by atoms with E-state index in [1.54, 1.807) is 30.3 Å². The lowest BCUT2D eigenvalue weighted by molar-refractivity contribution is -0.120. The lowest BCUT2D eigenvalue weighted by Gasteiger charge is -2.28. The molecule has 31 heavy (non-hydrogen) atoms. The highest BCUT2D eigenvalue weighted by Crippen LogP contribution is 2.25. The zero-order chi connectivity index (χ0) is 22.4. The fourth-order valence-corrected chi connectivity index (χ4v) is 4.39. The Morgan fingerprint density at radius 3 is 2.00 bits per heavy atom. The quantitative estimate of drug-likeness (QED) is 0.586. The number of para-hydroxylation sites is 1. The predicted octanol–water partition coefficient (Wildman–Crippen LogP) is 3.51. The van der Waals surface area contributed by atoms with Gasteiger partial charge in [-0.15, -0.1) is 0 Å². The van der Waals surface area contributed by atoms with E-state index in [0.29, 0.717) is 5.69 Å². The number of hydrogen-bond donors (Lipinski definition) is 1. The standard InChI is InChI=1S/C24H27N3O3S/c1-19-12-10-11-17-22(19)24(20-13-6-4-7-14-20)25-23(28)18-27(31(29,30)26(2)3)21-15-8-5-9-16-21/h4-17,24H,18H2,1-3H3,(H,25,28)/t24-/m1/s1. The molecule has 0 aliphatic heterocycles. The van der Waals surface area contributed by atoms with Gasteiger partial charge in [-0.3, -0.25) is 4.79 Å². The van der Waals surface area contributed by atoms with Crippen molar-refractivity contribution in [1.82, 2.24) is 9.62 Å². The zero-order valence-electron chi connectivity index (χ0n) is 17.9. The van der Waals surface area contributed by atoms with Crippen molar-refractivity contribution in [2.45, 2.75) is 13.0 Å². The first-order chi connectivity index (χ1) is 14.8. The summed E-state index contributed by atoms with van der Waals surface area (Å²) in [6, 6.07) is 25.7. The van der Waals surface area contributed by atoms with Crippen LogP contribution in [-0.4, -0.2) is 39.3 Å². The van der Waals surface area contributed by atoms with Gasteiger partial charge in [-0.1, -0.05) is 72.8 Å². The maximum atomic E-state index is 13.1. The molecule has 1 amide bonds. The van der Waals surface area contributed by atoms with Crippen molar-refractivity contribution in [1.29, 1.82) is 0 Å². The maximum Gasteiger partial charge on any atom is 0.304 e. The van der Waals surface area contributed by atoms with Gasteiger partial charge >= 0.3 is 10.2 Å². The smallest absolute Gasteiger partial charge is 0.304 e. The predicted molar refractivity (Wildman–Crippen MR) is 124 cm³/mol. The van der Waals surface area contributed by atoms with Crippen molar-refractivity contribution in [3.63, 3.8) is 0 Å². The van der Waals surface area contributed by atoms with Crippen LogP contribution in [0.1, 0.15) is 22.7 Å².